The summed E-state index contributed by atoms with van der Waals surface area (Å²) >= 11 is 0. The Labute approximate surface area is 126 Å². The summed E-state index contributed by atoms with van der Waals surface area (Å²) in [6.45, 7) is 3.06. The highest BCUT2D eigenvalue weighted by Crippen LogP contribution is 2.21. The van der Waals surface area contributed by atoms with Crippen LogP contribution in [0.3, 0.4) is 0 Å². The minimum Gasteiger partial charge on any atom is -0.444 e. The lowest BCUT2D eigenvalue weighted by Gasteiger charge is -2.16. The number of esters is 1. The molecule has 2 aromatic rings. The van der Waals surface area contributed by atoms with Crippen molar-refractivity contribution in [2.45, 2.75) is 20.0 Å². The molecule has 22 heavy (non-hydrogen) atoms. The van der Waals surface area contributed by atoms with Gasteiger partial charge in [0.15, 0.2) is 0 Å². The third-order valence-corrected chi connectivity index (χ3v) is 3.12. The van der Waals surface area contributed by atoms with Crippen LogP contribution in [0.1, 0.15) is 33.3 Å². The Hall–Kier alpha value is -2.89. The molecule has 6 nitrogen and oxygen atoms in total. The molecule has 0 saturated carbocycles. The summed E-state index contributed by atoms with van der Waals surface area (Å²) in [6, 6.07) is 9.63. The van der Waals surface area contributed by atoms with Gasteiger partial charge in [-0.05, 0) is 19.4 Å². The second kappa shape index (κ2) is 6.26. The smallest absolute Gasteiger partial charge is 0.342 e. The molecule has 1 atom stereocenters. The highest BCUT2D eigenvalue weighted by Gasteiger charge is 2.25. The number of hydrogen-bond donors (Lipinski definition) is 1. The van der Waals surface area contributed by atoms with E-state index in [0.29, 0.717) is 11.1 Å². The molecule has 0 radical (unpaired) electrons. The summed E-state index contributed by atoms with van der Waals surface area (Å²) in [7, 11) is 0. The van der Waals surface area contributed by atoms with Gasteiger partial charge in [0.05, 0.1) is 0 Å². The largest absolute Gasteiger partial charge is 0.444 e. The van der Waals surface area contributed by atoms with Crippen molar-refractivity contribution in [3.63, 3.8) is 0 Å². The zero-order valence-corrected chi connectivity index (χ0v) is 12.2. The summed E-state index contributed by atoms with van der Waals surface area (Å²) < 4.78 is 10.1. The molecule has 1 heterocycles. The van der Waals surface area contributed by atoms with Crippen LogP contribution in [0.2, 0.25) is 0 Å². The first kappa shape index (κ1) is 15.5. The molecule has 1 amide bonds. The summed E-state index contributed by atoms with van der Waals surface area (Å²) in [5.74, 6) is -1.43. The molecule has 0 saturated heterocycles. The Balaban J connectivity index is 2.34. The zero-order chi connectivity index (χ0) is 16.3. The van der Waals surface area contributed by atoms with Gasteiger partial charge in [-0.3, -0.25) is 4.79 Å². The molecule has 1 aromatic carbocycles. The van der Waals surface area contributed by atoms with Crippen LogP contribution in [0, 0.1) is 13.8 Å². The van der Waals surface area contributed by atoms with Crippen LogP contribution in [0.5, 0.6) is 0 Å². The van der Waals surface area contributed by atoms with Crippen molar-refractivity contribution in [2.24, 2.45) is 5.73 Å². The number of aryl methyl sites for hydroxylation is 2. The zero-order valence-electron chi connectivity index (χ0n) is 12.2. The average Bonchev–Trinajstić information content (AvgIpc) is 2.44. The Morgan fingerprint density at radius 3 is 2.36 bits per heavy atom. The van der Waals surface area contributed by atoms with Crippen LogP contribution in [0.15, 0.2) is 45.6 Å². The van der Waals surface area contributed by atoms with Crippen LogP contribution in [-0.4, -0.2) is 11.9 Å². The van der Waals surface area contributed by atoms with Gasteiger partial charge in [-0.25, -0.2) is 9.59 Å². The van der Waals surface area contributed by atoms with Gasteiger partial charge in [0, 0.05) is 11.6 Å². The quantitative estimate of drug-likeness (QED) is 0.865. The molecule has 2 N–H and O–H groups in total. The molecule has 0 aliphatic carbocycles. The number of hydrogen-bond acceptors (Lipinski definition) is 5. The Kier molecular flexibility index (Phi) is 4.41. The van der Waals surface area contributed by atoms with Gasteiger partial charge in [0.2, 0.25) is 6.10 Å². The Bertz CT molecular complexity index is 738. The fourth-order valence-corrected chi connectivity index (χ4v) is 2.15. The Morgan fingerprint density at radius 2 is 1.82 bits per heavy atom. The SMILES string of the molecule is Cc1cc(=O)oc(C)c1C(=O)OC(C(N)=O)c1ccccc1. The molecular weight excluding hydrogens is 286 g/mol. The van der Waals surface area contributed by atoms with Gasteiger partial charge in [-0.2, -0.15) is 0 Å². The van der Waals surface area contributed by atoms with Gasteiger partial charge in [0.1, 0.15) is 11.3 Å². The summed E-state index contributed by atoms with van der Waals surface area (Å²) in [5, 5.41) is 0. The molecule has 0 bridgehead atoms. The first-order chi connectivity index (χ1) is 10.4. The second-order valence-corrected chi connectivity index (χ2v) is 4.78. The second-order valence-electron chi connectivity index (χ2n) is 4.78. The molecule has 0 spiro atoms. The molecule has 0 fully saturated rings. The molecule has 1 unspecified atom stereocenters. The molecular formula is C16H15NO5. The number of primary amides is 1. The minimum atomic E-state index is -1.21. The number of carbonyl (C=O) groups excluding carboxylic acids is 2. The van der Waals surface area contributed by atoms with E-state index < -0.39 is 23.6 Å². The van der Waals surface area contributed by atoms with Gasteiger partial charge >= 0.3 is 11.6 Å². The first-order valence-electron chi connectivity index (χ1n) is 6.56. The van der Waals surface area contributed by atoms with Gasteiger partial charge in [0.25, 0.3) is 5.91 Å². The predicted octanol–water partition coefficient (Wildman–Crippen LogP) is 1.64. The van der Waals surface area contributed by atoms with Gasteiger partial charge in [-0.1, -0.05) is 30.3 Å². The van der Waals surface area contributed by atoms with E-state index in [1.54, 1.807) is 37.3 Å². The molecule has 0 aliphatic rings. The van der Waals surface area contributed by atoms with E-state index in [4.69, 9.17) is 14.9 Å². The summed E-state index contributed by atoms with van der Waals surface area (Å²) in [6.07, 6.45) is -1.21. The third-order valence-electron chi connectivity index (χ3n) is 3.12. The van der Waals surface area contributed by atoms with E-state index in [0.717, 1.165) is 0 Å². The van der Waals surface area contributed by atoms with Crippen molar-refractivity contribution >= 4 is 11.9 Å². The fraction of sp³-hybridized carbons (Fsp3) is 0.188. The molecule has 114 valence electrons. The molecule has 2 rings (SSSR count). The first-order valence-corrected chi connectivity index (χ1v) is 6.56. The van der Waals surface area contributed by atoms with E-state index in [9.17, 15) is 14.4 Å². The van der Waals surface area contributed by atoms with Crippen LogP contribution < -0.4 is 11.4 Å². The fourth-order valence-electron chi connectivity index (χ4n) is 2.15. The maximum Gasteiger partial charge on any atom is 0.342 e. The normalized spacial score (nSPS) is 11.7. The molecule has 0 aliphatic heterocycles. The average molecular weight is 301 g/mol. The van der Waals surface area contributed by atoms with Crippen molar-refractivity contribution in [3.05, 3.63) is 69.3 Å². The van der Waals surface area contributed by atoms with Crippen molar-refractivity contribution in [3.8, 4) is 0 Å². The lowest BCUT2D eigenvalue weighted by Crippen LogP contribution is -2.27. The van der Waals surface area contributed by atoms with Crippen molar-refractivity contribution < 1.29 is 18.7 Å². The van der Waals surface area contributed by atoms with Crippen molar-refractivity contribution in [1.29, 1.82) is 0 Å². The predicted molar refractivity (Wildman–Crippen MR) is 78.2 cm³/mol. The van der Waals surface area contributed by atoms with Crippen LogP contribution in [0.25, 0.3) is 0 Å². The van der Waals surface area contributed by atoms with Gasteiger partial charge in [-0.15, -0.1) is 0 Å². The maximum absolute atomic E-state index is 12.3. The van der Waals surface area contributed by atoms with Crippen molar-refractivity contribution in [1.82, 2.24) is 0 Å². The van der Waals surface area contributed by atoms with E-state index in [1.165, 1.54) is 13.0 Å². The summed E-state index contributed by atoms with van der Waals surface area (Å²) in [5.41, 5.74) is 5.74. The number of nitrogens with two attached hydrogens (primary N) is 1. The van der Waals surface area contributed by atoms with Crippen LogP contribution >= 0.6 is 0 Å². The number of rotatable bonds is 4. The lowest BCUT2D eigenvalue weighted by molar-refractivity contribution is -0.127. The summed E-state index contributed by atoms with van der Waals surface area (Å²) in [4.78, 5) is 35.1. The van der Waals surface area contributed by atoms with Crippen LogP contribution in [-0.2, 0) is 9.53 Å². The molecule has 1 aromatic heterocycles. The maximum atomic E-state index is 12.3. The Morgan fingerprint density at radius 1 is 1.18 bits per heavy atom. The number of carbonyl (C=O) groups is 2. The molecule has 6 heteroatoms. The number of ether oxygens (including phenoxy) is 1. The van der Waals surface area contributed by atoms with Gasteiger partial charge < -0.3 is 14.9 Å². The topological polar surface area (TPSA) is 99.6 Å². The standard InChI is InChI=1S/C16H15NO5/c1-9-8-12(18)21-10(2)13(9)16(20)22-14(15(17)19)11-6-4-3-5-7-11/h3-8,14H,1-2H3,(H2,17,19). The monoisotopic (exact) mass is 301 g/mol. The minimum absolute atomic E-state index is 0.113. The highest BCUT2D eigenvalue weighted by molar-refractivity contribution is 5.94. The van der Waals surface area contributed by atoms with E-state index >= 15 is 0 Å². The van der Waals surface area contributed by atoms with E-state index in [-0.39, 0.29) is 11.3 Å². The van der Waals surface area contributed by atoms with E-state index in [1.807, 2.05) is 0 Å². The van der Waals surface area contributed by atoms with E-state index in [2.05, 4.69) is 0 Å². The number of amides is 1. The third kappa shape index (κ3) is 3.22. The lowest BCUT2D eigenvalue weighted by atomic mass is 10.1. The number of benzene rings is 1. The van der Waals surface area contributed by atoms with Crippen molar-refractivity contribution in [2.75, 3.05) is 0 Å². The van der Waals surface area contributed by atoms with Crippen LogP contribution in [0.4, 0.5) is 0 Å². The highest BCUT2D eigenvalue weighted by atomic mass is 16.5.